The summed E-state index contributed by atoms with van der Waals surface area (Å²) < 4.78 is 32.4. The second-order valence-electron chi connectivity index (χ2n) is 12.6. The van der Waals surface area contributed by atoms with Gasteiger partial charge in [-0.1, -0.05) is 12.1 Å². The van der Waals surface area contributed by atoms with Gasteiger partial charge in [0.15, 0.2) is 23.4 Å². The zero-order chi connectivity index (χ0) is 37.2. The van der Waals surface area contributed by atoms with E-state index in [2.05, 4.69) is 0 Å². The van der Waals surface area contributed by atoms with Gasteiger partial charge in [-0.05, 0) is 48.6 Å². The van der Waals surface area contributed by atoms with E-state index in [-0.39, 0.29) is 24.2 Å². The van der Waals surface area contributed by atoms with Gasteiger partial charge in [-0.15, -0.1) is 0 Å². The minimum Gasteiger partial charge on any atom is -0.504 e. The van der Waals surface area contributed by atoms with Gasteiger partial charge in [0.2, 0.25) is 6.29 Å². The predicted molar refractivity (Wildman–Crippen MR) is 165 cm³/mol. The summed E-state index contributed by atoms with van der Waals surface area (Å²) in [4.78, 5) is 38.1. The van der Waals surface area contributed by atoms with E-state index in [0.717, 1.165) is 19.4 Å². The fourth-order valence-electron chi connectivity index (χ4n) is 6.51. The van der Waals surface area contributed by atoms with Crippen LogP contribution in [-0.2, 0) is 42.8 Å². The first-order valence-electron chi connectivity index (χ1n) is 15.9. The molecule has 0 bridgehead atoms. The van der Waals surface area contributed by atoms with E-state index in [4.69, 9.17) is 28.4 Å². The van der Waals surface area contributed by atoms with Gasteiger partial charge in [0.25, 0.3) is 0 Å². The zero-order valence-electron chi connectivity index (χ0n) is 27.1. The fraction of sp³-hybridized carbons (Fsp3) is 0.545. The summed E-state index contributed by atoms with van der Waals surface area (Å²) >= 11 is 0. The van der Waals surface area contributed by atoms with Crippen molar-refractivity contribution in [2.75, 3.05) is 20.3 Å². The van der Waals surface area contributed by atoms with Crippen LogP contribution in [0.25, 0.3) is 6.08 Å². The van der Waals surface area contributed by atoms with Crippen LogP contribution in [0.1, 0.15) is 24.8 Å². The summed E-state index contributed by atoms with van der Waals surface area (Å²) in [5.41, 5.74) is -1.84. The molecule has 1 saturated carbocycles. The average Bonchev–Trinajstić information content (AvgIpc) is 3.55. The summed E-state index contributed by atoms with van der Waals surface area (Å²) in [5, 5.41) is 92.0. The van der Waals surface area contributed by atoms with Crippen LogP contribution >= 0.6 is 0 Å². The number of aromatic hydroxyl groups is 2. The predicted octanol–water partition coefficient (Wildman–Crippen LogP) is -2.40. The van der Waals surface area contributed by atoms with E-state index in [0.29, 0.717) is 11.1 Å². The SMILES string of the molecule is COC(=O)C1=CO[C@@H](O[C@H]2O[C@H](CO)[C@@H](O)[C@H](O)[C@H]2O)[C@@H]2C(COC(=O)[C@@]3(O)CC[C@@H](OC(=O)/C=C/c4ccc(O)c(O)c4)[C@H](O)[C@@H]3O)=CC[C@H]12. The zero-order valence-corrected chi connectivity index (χ0v) is 27.1. The van der Waals surface area contributed by atoms with E-state index in [1.54, 1.807) is 6.08 Å². The molecular weight excluding hydrogens is 684 g/mol. The highest BCUT2D eigenvalue weighted by Gasteiger charge is 2.55. The Bertz CT molecular complexity index is 1550. The van der Waals surface area contributed by atoms with Crippen LogP contribution in [0.5, 0.6) is 11.5 Å². The Balaban J connectivity index is 1.23. The number of aliphatic hydroxyl groups excluding tert-OH is 6. The molecule has 0 aromatic heterocycles. The number of phenolic OH excluding ortho intramolecular Hbond substituents is 2. The number of rotatable bonds is 10. The van der Waals surface area contributed by atoms with E-state index in [9.17, 15) is 60.3 Å². The van der Waals surface area contributed by atoms with Gasteiger partial charge in [0, 0.05) is 12.0 Å². The van der Waals surface area contributed by atoms with E-state index in [1.807, 2.05) is 0 Å². The molecule has 18 heteroatoms. The van der Waals surface area contributed by atoms with Gasteiger partial charge in [-0.25, -0.2) is 14.4 Å². The normalized spacial score (nSPS) is 36.4. The Morgan fingerprint density at radius 3 is 2.43 bits per heavy atom. The second kappa shape index (κ2) is 15.6. The number of benzene rings is 1. The average molecular weight is 725 g/mol. The number of hydrogen-bond donors (Lipinski definition) is 9. The number of hydrogen-bond acceptors (Lipinski definition) is 18. The standard InChI is InChI=1S/C33H40O18/c1-46-29(43)17-13-47-30(51-31-27(41)26(40)24(38)21(11-34)50-31)23-15(4-5-16(17)23)12-48-32(44)33(45)9-8-20(25(39)28(33)42)49-22(37)7-3-14-2-6-18(35)19(36)10-14/h2-4,6-7,10,13,16,20-21,23-28,30-31,34-36,38-42,45H,5,8-9,11-12H2,1H3/b7-3+/t16-,20-,21-,23-,24-,25+,26+,27-,28+,30+,31-,33-/m1/s1. The summed E-state index contributed by atoms with van der Waals surface area (Å²) in [6.07, 6.45) is -10.3. The number of methoxy groups -OCH3 is 1. The molecule has 9 N–H and O–H groups in total. The summed E-state index contributed by atoms with van der Waals surface area (Å²) in [5.74, 6) is -5.29. The van der Waals surface area contributed by atoms with Gasteiger partial charge < -0.3 is 74.4 Å². The number of carbonyl (C=O) groups is 3. The molecule has 2 heterocycles. The van der Waals surface area contributed by atoms with Crippen molar-refractivity contribution in [1.82, 2.24) is 0 Å². The lowest BCUT2D eigenvalue weighted by atomic mass is 9.78. The molecule has 51 heavy (non-hydrogen) atoms. The summed E-state index contributed by atoms with van der Waals surface area (Å²) in [6, 6.07) is 3.81. The third-order valence-corrected chi connectivity index (χ3v) is 9.46. The molecule has 18 nitrogen and oxygen atoms in total. The Morgan fingerprint density at radius 1 is 1.00 bits per heavy atom. The van der Waals surface area contributed by atoms with Crippen LogP contribution in [0.15, 0.2) is 47.8 Å². The molecule has 5 rings (SSSR count). The fourth-order valence-corrected chi connectivity index (χ4v) is 6.51. The lowest BCUT2D eigenvalue weighted by Gasteiger charge is -2.43. The van der Waals surface area contributed by atoms with Gasteiger partial charge in [0.05, 0.1) is 31.5 Å². The number of esters is 3. The highest BCUT2D eigenvalue weighted by atomic mass is 16.8. The molecule has 2 aliphatic carbocycles. The summed E-state index contributed by atoms with van der Waals surface area (Å²) in [7, 11) is 1.16. The highest BCUT2D eigenvalue weighted by molar-refractivity contribution is 5.89. The third kappa shape index (κ3) is 7.74. The topological polar surface area (TPSA) is 289 Å². The van der Waals surface area contributed by atoms with E-state index >= 15 is 0 Å². The number of carbonyl (C=O) groups excluding carboxylic acids is 3. The molecule has 0 unspecified atom stereocenters. The van der Waals surface area contributed by atoms with Crippen LogP contribution in [0.3, 0.4) is 0 Å². The first-order valence-corrected chi connectivity index (χ1v) is 15.9. The van der Waals surface area contributed by atoms with Crippen molar-refractivity contribution in [3.8, 4) is 11.5 Å². The minimum atomic E-state index is -2.62. The van der Waals surface area contributed by atoms with Crippen LogP contribution in [-0.4, -0.2) is 145 Å². The molecule has 0 radical (unpaired) electrons. The largest absolute Gasteiger partial charge is 0.504 e. The van der Waals surface area contributed by atoms with Crippen molar-refractivity contribution >= 4 is 24.0 Å². The Kier molecular flexibility index (Phi) is 11.7. The highest BCUT2D eigenvalue weighted by Crippen LogP contribution is 2.45. The van der Waals surface area contributed by atoms with Crippen molar-refractivity contribution < 1.29 is 88.8 Å². The second-order valence-corrected chi connectivity index (χ2v) is 12.6. The lowest BCUT2D eigenvalue weighted by Crippen LogP contribution is -2.62. The maximum absolute atomic E-state index is 13.2. The minimum absolute atomic E-state index is 0.106. The van der Waals surface area contributed by atoms with Crippen LogP contribution in [0, 0.1) is 11.8 Å². The number of fused-ring (bicyclic) bond motifs is 1. The van der Waals surface area contributed by atoms with Gasteiger partial charge in [-0.3, -0.25) is 0 Å². The van der Waals surface area contributed by atoms with Crippen LogP contribution < -0.4 is 0 Å². The van der Waals surface area contributed by atoms with Gasteiger partial charge >= 0.3 is 17.9 Å². The molecule has 1 aromatic carbocycles. The molecule has 2 fully saturated rings. The van der Waals surface area contributed by atoms with Gasteiger partial charge in [-0.2, -0.15) is 0 Å². The van der Waals surface area contributed by atoms with Crippen LogP contribution in [0.2, 0.25) is 0 Å². The monoisotopic (exact) mass is 724 g/mol. The van der Waals surface area contributed by atoms with Crippen molar-refractivity contribution in [2.24, 2.45) is 11.8 Å². The lowest BCUT2D eigenvalue weighted by molar-refractivity contribution is -0.339. The van der Waals surface area contributed by atoms with E-state index < -0.39 is 116 Å². The molecule has 12 atom stereocenters. The summed E-state index contributed by atoms with van der Waals surface area (Å²) in [6.45, 7) is -1.24. The van der Waals surface area contributed by atoms with E-state index in [1.165, 1.54) is 24.3 Å². The Morgan fingerprint density at radius 2 is 1.75 bits per heavy atom. The number of ether oxygens (including phenoxy) is 6. The molecule has 1 aromatic rings. The van der Waals surface area contributed by atoms with Crippen LogP contribution in [0.4, 0.5) is 0 Å². The molecule has 0 spiro atoms. The number of allylic oxidation sites excluding steroid dienone is 1. The Hall–Kier alpha value is -4.11. The van der Waals surface area contributed by atoms with Gasteiger partial charge in [0.1, 0.15) is 49.3 Å². The molecule has 1 saturated heterocycles. The smallest absolute Gasteiger partial charge is 0.341 e. The van der Waals surface area contributed by atoms with Crippen molar-refractivity contribution in [2.45, 2.75) is 80.2 Å². The molecular formula is C33H40O18. The van der Waals surface area contributed by atoms with Crippen molar-refractivity contribution in [3.05, 3.63) is 53.3 Å². The molecule has 0 amide bonds. The molecule has 280 valence electrons. The van der Waals surface area contributed by atoms with Crippen molar-refractivity contribution in [1.29, 1.82) is 0 Å². The number of phenols is 2. The third-order valence-electron chi connectivity index (χ3n) is 9.46. The maximum atomic E-state index is 13.2. The first-order chi connectivity index (χ1) is 24.2. The Labute approximate surface area is 290 Å². The molecule has 2 aliphatic heterocycles. The number of aliphatic hydroxyl groups is 7. The van der Waals surface area contributed by atoms with Crippen molar-refractivity contribution in [3.63, 3.8) is 0 Å². The molecule has 4 aliphatic rings. The first kappa shape index (κ1) is 38.1. The maximum Gasteiger partial charge on any atom is 0.341 e. The quantitative estimate of drug-likeness (QED) is 0.0400.